The van der Waals surface area contributed by atoms with Gasteiger partial charge in [0.05, 0.1) is 14.2 Å². The molecule has 0 atom stereocenters. The lowest BCUT2D eigenvalue weighted by molar-refractivity contribution is 0.0690. The van der Waals surface area contributed by atoms with Gasteiger partial charge in [0, 0.05) is 24.2 Å². The van der Waals surface area contributed by atoms with E-state index < -0.39 is 0 Å². The number of hydrogen-bond acceptors (Lipinski definition) is 4. The molecule has 0 bridgehead atoms. The SMILES string of the molecule is C=CCc1cc(C(=O)N2CCC(CNC)CC2)cc(OC)c1OC.Cl. The Balaban J connectivity index is 0.00000312. The van der Waals surface area contributed by atoms with E-state index in [2.05, 4.69) is 11.9 Å². The number of carbonyl (C=O) groups excluding carboxylic acids is 1. The molecule has 1 fully saturated rings. The highest BCUT2D eigenvalue weighted by Gasteiger charge is 2.25. The van der Waals surface area contributed by atoms with Gasteiger partial charge < -0.3 is 19.7 Å². The fourth-order valence-corrected chi connectivity index (χ4v) is 3.29. The van der Waals surface area contributed by atoms with Gasteiger partial charge in [-0.1, -0.05) is 6.08 Å². The van der Waals surface area contributed by atoms with Crippen LogP contribution in [0, 0.1) is 5.92 Å². The predicted octanol–water partition coefficient (Wildman–Crippen LogP) is 2.93. The molecule has 0 aromatic heterocycles. The highest BCUT2D eigenvalue weighted by atomic mass is 35.5. The third kappa shape index (κ3) is 5.13. The van der Waals surface area contributed by atoms with Crippen molar-refractivity contribution in [3.05, 3.63) is 35.9 Å². The average molecular weight is 369 g/mol. The van der Waals surface area contributed by atoms with Crippen LogP contribution in [0.1, 0.15) is 28.8 Å². The van der Waals surface area contributed by atoms with Crippen LogP contribution in [0.3, 0.4) is 0 Å². The zero-order chi connectivity index (χ0) is 17.5. The molecule has 1 aliphatic rings. The summed E-state index contributed by atoms with van der Waals surface area (Å²) in [7, 11) is 5.17. The first-order valence-electron chi connectivity index (χ1n) is 8.44. The molecule has 1 N–H and O–H groups in total. The number of piperidine rings is 1. The zero-order valence-corrected chi connectivity index (χ0v) is 16.2. The van der Waals surface area contributed by atoms with Gasteiger partial charge in [-0.2, -0.15) is 0 Å². The highest BCUT2D eigenvalue weighted by Crippen LogP contribution is 2.34. The maximum Gasteiger partial charge on any atom is 0.254 e. The van der Waals surface area contributed by atoms with Crippen molar-refractivity contribution in [1.82, 2.24) is 10.2 Å². The van der Waals surface area contributed by atoms with Crippen molar-refractivity contribution in [2.45, 2.75) is 19.3 Å². The van der Waals surface area contributed by atoms with Crippen LogP contribution in [0.5, 0.6) is 11.5 Å². The Morgan fingerprint density at radius 3 is 2.52 bits per heavy atom. The molecule has 1 aliphatic heterocycles. The molecule has 1 aromatic rings. The summed E-state index contributed by atoms with van der Waals surface area (Å²) < 4.78 is 10.8. The summed E-state index contributed by atoms with van der Waals surface area (Å²) in [4.78, 5) is 14.8. The number of likely N-dealkylation sites (tertiary alicyclic amines) is 1. The third-order valence-electron chi connectivity index (χ3n) is 4.56. The minimum atomic E-state index is 0. The molecule has 0 radical (unpaired) electrons. The van der Waals surface area contributed by atoms with Crippen LogP contribution < -0.4 is 14.8 Å². The van der Waals surface area contributed by atoms with Crippen LogP contribution >= 0.6 is 12.4 Å². The van der Waals surface area contributed by atoms with Crippen molar-refractivity contribution in [2.75, 3.05) is 40.9 Å². The summed E-state index contributed by atoms with van der Waals surface area (Å²) >= 11 is 0. The van der Waals surface area contributed by atoms with Gasteiger partial charge in [-0.15, -0.1) is 19.0 Å². The van der Waals surface area contributed by atoms with Crippen LogP contribution in [0.4, 0.5) is 0 Å². The van der Waals surface area contributed by atoms with Gasteiger partial charge in [0.25, 0.3) is 5.91 Å². The van der Waals surface area contributed by atoms with E-state index in [9.17, 15) is 4.79 Å². The van der Waals surface area contributed by atoms with E-state index in [0.717, 1.165) is 38.0 Å². The van der Waals surface area contributed by atoms with Gasteiger partial charge in [-0.3, -0.25) is 4.79 Å². The quantitative estimate of drug-likeness (QED) is 0.752. The Bertz CT molecular complexity index is 584. The fourth-order valence-electron chi connectivity index (χ4n) is 3.29. The maximum absolute atomic E-state index is 12.9. The smallest absolute Gasteiger partial charge is 0.254 e. The lowest BCUT2D eigenvalue weighted by Gasteiger charge is -2.32. The van der Waals surface area contributed by atoms with Crippen LogP contribution in [-0.4, -0.2) is 51.7 Å². The minimum Gasteiger partial charge on any atom is -0.493 e. The molecule has 1 amide bonds. The van der Waals surface area contributed by atoms with Crippen molar-refractivity contribution in [2.24, 2.45) is 5.92 Å². The summed E-state index contributed by atoms with van der Waals surface area (Å²) in [6, 6.07) is 3.67. The van der Waals surface area contributed by atoms with Crippen molar-refractivity contribution < 1.29 is 14.3 Å². The molecular weight excluding hydrogens is 340 g/mol. The van der Waals surface area contributed by atoms with E-state index in [4.69, 9.17) is 9.47 Å². The van der Waals surface area contributed by atoms with E-state index in [1.165, 1.54) is 0 Å². The number of ether oxygens (including phenoxy) is 2. The second kappa shape index (κ2) is 10.3. The second-order valence-corrected chi connectivity index (χ2v) is 6.16. The van der Waals surface area contributed by atoms with Gasteiger partial charge in [-0.05, 0) is 50.9 Å². The molecule has 140 valence electrons. The number of rotatable bonds is 7. The van der Waals surface area contributed by atoms with E-state index in [1.807, 2.05) is 18.0 Å². The Labute approximate surface area is 156 Å². The molecule has 0 aliphatic carbocycles. The van der Waals surface area contributed by atoms with Crippen molar-refractivity contribution in [1.29, 1.82) is 0 Å². The predicted molar refractivity (Wildman–Crippen MR) is 103 cm³/mol. The number of benzene rings is 1. The molecule has 0 unspecified atom stereocenters. The first-order chi connectivity index (χ1) is 11.6. The summed E-state index contributed by atoms with van der Waals surface area (Å²) in [5, 5.41) is 3.22. The van der Waals surface area contributed by atoms with Crippen molar-refractivity contribution in [3.63, 3.8) is 0 Å². The lowest BCUT2D eigenvalue weighted by atomic mass is 9.96. The Morgan fingerprint density at radius 1 is 1.32 bits per heavy atom. The maximum atomic E-state index is 12.9. The van der Waals surface area contributed by atoms with Crippen molar-refractivity contribution >= 4 is 18.3 Å². The van der Waals surface area contributed by atoms with Gasteiger partial charge in [0.1, 0.15) is 0 Å². The molecule has 0 saturated carbocycles. The van der Waals surface area contributed by atoms with E-state index in [-0.39, 0.29) is 18.3 Å². The average Bonchev–Trinajstić information content (AvgIpc) is 2.61. The van der Waals surface area contributed by atoms with E-state index >= 15 is 0 Å². The zero-order valence-electron chi connectivity index (χ0n) is 15.3. The van der Waals surface area contributed by atoms with E-state index in [1.54, 1.807) is 26.4 Å². The standard InChI is InChI=1S/C19H28N2O3.ClH/c1-5-6-15-11-16(12-17(23-3)18(15)24-4)19(22)21-9-7-14(8-10-21)13-20-2;/h5,11-12,14,20H,1,6-10,13H2,2-4H3;1H. The van der Waals surface area contributed by atoms with E-state index in [0.29, 0.717) is 29.4 Å². The molecular formula is C19H29ClN2O3. The van der Waals surface area contributed by atoms with Crippen LogP contribution in [-0.2, 0) is 6.42 Å². The molecule has 0 spiro atoms. The summed E-state index contributed by atoms with van der Waals surface area (Å²) in [6.07, 6.45) is 4.51. The molecule has 25 heavy (non-hydrogen) atoms. The van der Waals surface area contributed by atoms with Gasteiger partial charge in [-0.25, -0.2) is 0 Å². The first-order valence-corrected chi connectivity index (χ1v) is 8.44. The molecule has 1 aromatic carbocycles. The number of methoxy groups -OCH3 is 2. The minimum absolute atomic E-state index is 0. The number of nitrogens with one attached hydrogen (secondary N) is 1. The van der Waals surface area contributed by atoms with Gasteiger partial charge in [0.2, 0.25) is 0 Å². The number of nitrogens with zero attached hydrogens (tertiary/aromatic N) is 1. The largest absolute Gasteiger partial charge is 0.493 e. The number of carbonyl (C=O) groups is 1. The second-order valence-electron chi connectivity index (χ2n) is 6.16. The van der Waals surface area contributed by atoms with Gasteiger partial charge >= 0.3 is 0 Å². The number of amides is 1. The van der Waals surface area contributed by atoms with Crippen molar-refractivity contribution in [3.8, 4) is 11.5 Å². The summed E-state index contributed by atoms with van der Waals surface area (Å²) in [6.45, 7) is 6.40. The Hall–Kier alpha value is -1.72. The monoisotopic (exact) mass is 368 g/mol. The third-order valence-corrected chi connectivity index (χ3v) is 4.56. The lowest BCUT2D eigenvalue weighted by Crippen LogP contribution is -2.40. The first kappa shape index (κ1) is 21.3. The molecule has 2 rings (SSSR count). The normalized spacial score (nSPS) is 14.6. The molecule has 1 heterocycles. The summed E-state index contributed by atoms with van der Waals surface area (Å²) in [5.41, 5.74) is 1.57. The highest BCUT2D eigenvalue weighted by molar-refractivity contribution is 5.95. The topological polar surface area (TPSA) is 50.8 Å². The molecule has 1 saturated heterocycles. The fraction of sp³-hybridized carbons (Fsp3) is 0.526. The van der Waals surface area contributed by atoms with Crippen LogP contribution in [0.2, 0.25) is 0 Å². The molecule has 6 heteroatoms. The Kier molecular flexibility index (Phi) is 8.79. The number of allylic oxidation sites excluding steroid dienone is 1. The number of hydrogen-bond donors (Lipinski definition) is 1. The van der Waals surface area contributed by atoms with Gasteiger partial charge in [0.15, 0.2) is 11.5 Å². The summed E-state index contributed by atoms with van der Waals surface area (Å²) in [5.74, 6) is 1.97. The Morgan fingerprint density at radius 2 is 2.00 bits per heavy atom. The van der Waals surface area contributed by atoms with Crippen LogP contribution in [0.25, 0.3) is 0 Å². The van der Waals surface area contributed by atoms with Crippen LogP contribution in [0.15, 0.2) is 24.8 Å². The number of halogens is 1. The molecule has 5 nitrogen and oxygen atoms in total.